The number of imidazole rings is 1. The molecule has 2 aromatic heterocycles. The first kappa shape index (κ1) is 20.5. The average molecular weight is 411 g/mol. The Morgan fingerprint density at radius 1 is 1.39 bits per heavy atom. The number of carboxylic acids is 1. The Morgan fingerprint density at radius 2 is 2.14 bits per heavy atom. The summed E-state index contributed by atoms with van der Waals surface area (Å²) < 4.78 is 7.41. The average Bonchev–Trinajstić information content (AvgIpc) is 3.21. The molecule has 28 heavy (non-hydrogen) atoms. The standard InChI is InChI=1S/C16H22N6O5S/c1-2-28(4-3-8(17)16(25)26)5-9-11(23)12(24)15(27-9)22-7-21-10-13(18)19-6-20-14(10)22/h2,6-9,11-12,15,23-24H,1,3-5,17H2,(H2-,18,19,20,25,26)/p+1/t8-,9+,11+,12+,15+,28?/m0/s1. The van der Waals surface area contributed by atoms with Crippen LogP contribution in [-0.4, -0.2) is 76.7 Å². The van der Waals surface area contributed by atoms with Crippen molar-refractivity contribution in [1.82, 2.24) is 19.5 Å². The molecule has 0 aliphatic carbocycles. The van der Waals surface area contributed by atoms with Gasteiger partial charge < -0.3 is 31.5 Å². The lowest BCUT2D eigenvalue weighted by molar-refractivity contribution is -0.138. The summed E-state index contributed by atoms with van der Waals surface area (Å²) in [7, 11) is -0.433. The highest BCUT2D eigenvalue weighted by molar-refractivity contribution is 7.99. The van der Waals surface area contributed by atoms with E-state index in [1.807, 2.05) is 0 Å². The van der Waals surface area contributed by atoms with E-state index in [1.165, 1.54) is 17.2 Å². The van der Waals surface area contributed by atoms with Crippen molar-refractivity contribution in [2.75, 3.05) is 17.2 Å². The van der Waals surface area contributed by atoms with Gasteiger partial charge >= 0.3 is 5.97 Å². The van der Waals surface area contributed by atoms with Crippen molar-refractivity contribution >= 4 is 33.8 Å². The lowest BCUT2D eigenvalue weighted by Gasteiger charge is -2.16. The van der Waals surface area contributed by atoms with Gasteiger partial charge in [0.1, 0.15) is 53.1 Å². The van der Waals surface area contributed by atoms with Crippen LogP contribution in [0.3, 0.4) is 0 Å². The lowest BCUT2D eigenvalue weighted by Crippen LogP contribution is -2.37. The minimum atomic E-state index is -1.20. The fraction of sp³-hybridized carbons (Fsp3) is 0.500. The van der Waals surface area contributed by atoms with Gasteiger partial charge in [-0.1, -0.05) is 6.58 Å². The van der Waals surface area contributed by atoms with Crippen LogP contribution in [0.2, 0.25) is 0 Å². The van der Waals surface area contributed by atoms with Crippen LogP contribution in [0.4, 0.5) is 5.82 Å². The molecule has 1 saturated heterocycles. The molecule has 0 aromatic carbocycles. The molecule has 2 aromatic rings. The van der Waals surface area contributed by atoms with Crippen LogP contribution in [0, 0.1) is 0 Å². The van der Waals surface area contributed by atoms with Crippen molar-refractivity contribution in [3.05, 3.63) is 24.6 Å². The van der Waals surface area contributed by atoms with E-state index in [2.05, 4.69) is 21.5 Å². The first-order valence-corrected chi connectivity index (χ1v) is 10.2. The summed E-state index contributed by atoms with van der Waals surface area (Å²) >= 11 is 0. The summed E-state index contributed by atoms with van der Waals surface area (Å²) in [5.74, 6) is 0.0286. The summed E-state index contributed by atoms with van der Waals surface area (Å²) in [5, 5.41) is 31.5. The van der Waals surface area contributed by atoms with Gasteiger partial charge in [-0.3, -0.25) is 9.36 Å². The molecule has 6 atom stereocenters. The molecule has 0 amide bonds. The minimum Gasteiger partial charge on any atom is -0.480 e. The summed E-state index contributed by atoms with van der Waals surface area (Å²) in [6, 6.07) is -0.954. The van der Waals surface area contributed by atoms with Gasteiger partial charge in [0.05, 0.1) is 6.33 Å². The quantitative estimate of drug-likeness (QED) is 0.323. The number of carbonyl (C=O) groups is 1. The van der Waals surface area contributed by atoms with Gasteiger partial charge in [-0.25, -0.2) is 15.0 Å². The number of hydrogen-bond acceptors (Lipinski definition) is 9. The van der Waals surface area contributed by atoms with Gasteiger partial charge in [-0.15, -0.1) is 0 Å². The van der Waals surface area contributed by atoms with Gasteiger partial charge in [-0.2, -0.15) is 0 Å². The summed E-state index contributed by atoms with van der Waals surface area (Å²) in [5.41, 5.74) is 12.1. The first-order chi connectivity index (χ1) is 13.3. The smallest absolute Gasteiger partial charge is 0.320 e. The number of nitrogens with two attached hydrogens (primary N) is 2. The first-order valence-electron chi connectivity index (χ1n) is 8.55. The van der Waals surface area contributed by atoms with Crippen molar-refractivity contribution in [3.8, 4) is 0 Å². The van der Waals surface area contributed by atoms with E-state index in [9.17, 15) is 15.0 Å². The zero-order chi connectivity index (χ0) is 20.4. The number of ether oxygens (including phenoxy) is 1. The van der Waals surface area contributed by atoms with Gasteiger partial charge in [0, 0.05) is 17.3 Å². The normalized spacial score (nSPS) is 27.0. The van der Waals surface area contributed by atoms with Crippen LogP contribution < -0.4 is 11.5 Å². The molecule has 7 N–H and O–H groups in total. The number of anilines is 1. The summed E-state index contributed by atoms with van der Waals surface area (Å²) in [4.78, 5) is 23.0. The molecule has 1 aliphatic heterocycles. The largest absolute Gasteiger partial charge is 0.480 e. The molecule has 1 fully saturated rings. The maximum absolute atomic E-state index is 10.9. The van der Waals surface area contributed by atoms with E-state index >= 15 is 0 Å². The van der Waals surface area contributed by atoms with Crippen LogP contribution in [0.25, 0.3) is 11.2 Å². The number of rotatable bonds is 8. The Hall–Kier alpha value is -2.25. The summed E-state index contributed by atoms with van der Waals surface area (Å²) in [6.45, 7) is 3.77. The Kier molecular flexibility index (Phi) is 6.15. The van der Waals surface area contributed by atoms with Crippen LogP contribution in [0.1, 0.15) is 12.6 Å². The van der Waals surface area contributed by atoms with Crippen molar-refractivity contribution in [3.63, 3.8) is 0 Å². The highest BCUT2D eigenvalue weighted by Gasteiger charge is 2.47. The highest BCUT2D eigenvalue weighted by Crippen LogP contribution is 2.33. The molecule has 0 radical (unpaired) electrons. The second kappa shape index (κ2) is 8.41. The van der Waals surface area contributed by atoms with Crippen LogP contribution in [-0.2, 0) is 20.4 Å². The molecule has 3 rings (SSSR count). The molecule has 1 unspecified atom stereocenters. The third-order valence-corrected chi connectivity index (χ3v) is 6.61. The number of nitrogens with zero attached hydrogens (tertiary/aromatic N) is 4. The van der Waals surface area contributed by atoms with Crippen LogP contribution in [0.15, 0.2) is 24.6 Å². The second-order valence-electron chi connectivity index (χ2n) is 6.44. The molecule has 152 valence electrons. The Morgan fingerprint density at radius 3 is 2.82 bits per heavy atom. The molecule has 0 saturated carbocycles. The van der Waals surface area contributed by atoms with Crippen molar-refractivity contribution < 1.29 is 24.9 Å². The topological polar surface area (TPSA) is 183 Å². The highest BCUT2D eigenvalue weighted by atomic mass is 32.2. The van der Waals surface area contributed by atoms with E-state index in [4.69, 9.17) is 21.3 Å². The molecular weight excluding hydrogens is 388 g/mol. The number of aliphatic hydroxyl groups excluding tert-OH is 2. The molecule has 0 spiro atoms. The molecule has 0 bridgehead atoms. The Labute approximate surface area is 163 Å². The van der Waals surface area contributed by atoms with Gasteiger partial charge in [0.2, 0.25) is 0 Å². The van der Waals surface area contributed by atoms with Gasteiger partial charge in [-0.05, 0) is 0 Å². The number of nitrogen functional groups attached to an aromatic ring is 1. The summed E-state index contributed by atoms with van der Waals surface area (Å²) in [6.07, 6.45) is -0.902. The maximum atomic E-state index is 10.9. The number of aliphatic hydroxyl groups is 2. The number of carboxylic acid groups (broad SMARTS) is 1. The number of aromatic nitrogens is 4. The van der Waals surface area contributed by atoms with E-state index < -0.39 is 47.4 Å². The number of hydrogen-bond donors (Lipinski definition) is 5. The zero-order valence-electron chi connectivity index (χ0n) is 15.0. The van der Waals surface area contributed by atoms with E-state index in [1.54, 1.807) is 5.41 Å². The van der Waals surface area contributed by atoms with Gasteiger partial charge in [0.25, 0.3) is 0 Å². The van der Waals surface area contributed by atoms with Crippen LogP contribution >= 0.6 is 0 Å². The fourth-order valence-corrected chi connectivity index (χ4v) is 4.72. The molecule has 11 nitrogen and oxygen atoms in total. The third-order valence-electron chi connectivity index (χ3n) is 4.62. The predicted molar refractivity (Wildman–Crippen MR) is 103 cm³/mol. The third kappa shape index (κ3) is 3.95. The van der Waals surface area contributed by atoms with Crippen molar-refractivity contribution in [2.24, 2.45) is 5.73 Å². The maximum Gasteiger partial charge on any atom is 0.320 e. The molecular formula is C16H23N6O5S+. The predicted octanol–water partition coefficient (Wildman–Crippen LogP) is -1.41. The number of fused-ring (bicyclic) bond motifs is 1. The second-order valence-corrected chi connectivity index (χ2v) is 8.59. The van der Waals surface area contributed by atoms with Crippen molar-refractivity contribution in [2.45, 2.75) is 37.0 Å². The van der Waals surface area contributed by atoms with Crippen LogP contribution in [0.5, 0.6) is 0 Å². The van der Waals surface area contributed by atoms with E-state index in [0.29, 0.717) is 22.7 Å². The van der Waals surface area contributed by atoms with Gasteiger partial charge in [0.15, 0.2) is 17.7 Å². The Bertz CT molecular complexity index is 863. The minimum absolute atomic E-state index is 0.205. The lowest BCUT2D eigenvalue weighted by atomic mass is 10.1. The van der Waals surface area contributed by atoms with Crippen molar-refractivity contribution in [1.29, 1.82) is 0 Å². The number of aliphatic carboxylic acids is 1. The molecule has 12 heteroatoms. The fourth-order valence-electron chi connectivity index (χ4n) is 3.00. The molecule has 3 heterocycles. The SMILES string of the molecule is C=C[S+](CC[C@H](N)C(=O)O)C[C@H]1O[C@@H](n2cnc3c(N)ncnc32)[C@H](O)[C@@H]1O. The Balaban J connectivity index is 1.72. The monoisotopic (exact) mass is 411 g/mol. The van der Waals surface area contributed by atoms with E-state index in [-0.39, 0.29) is 12.2 Å². The zero-order valence-corrected chi connectivity index (χ0v) is 15.8. The molecule has 1 aliphatic rings. The van der Waals surface area contributed by atoms with E-state index in [0.717, 1.165) is 0 Å².